The number of hydrogen-bond acceptors (Lipinski definition) is 4. The molecule has 2 aromatic carbocycles. The highest BCUT2D eigenvalue weighted by atomic mass is 19.1. The van der Waals surface area contributed by atoms with Crippen molar-refractivity contribution in [2.75, 3.05) is 19.1 Å². The zero-order chi connectivity index (χ0) is 17.1. The molecule has 0 aromatic heterocycles. The van der Waals surface area contributed by atoms with Gasteiger partial charge in [0.15, 0.2) is 0 Å². The molecule has 0 aliphatic rings. The normalized spacial score (nSPS) is 10.5. The summed E-state index contributed by atoms with van der Waals surface area (Å²) in [6, 6.07) is 8.05. The number of hydrogen-bond donors (Lipinski definition) is 1. The van der Waals surface area contributed by atoms with Crippen molar-refractivity contribution in [1.29, 1.82) is 0 Å². The number of carbonyl (C=O) groups is 1. The van der Waals surface area contributed by atoms with Gasteiger partial charge in [-0.25, -0.2) is 9.18 Å². The molecule has 0 aliphatic heterocycles. The third kappa shape index (κ3) is 3.62. The number of methoxy groups -OCH3 is 1. The van der Waals surface area contributed by atoms with Crippen LogP contribution >= 0.6 is 0 Å². The molecule has 0 radical (unpaired) electrons. The van der Waals surface area contributed by atoms with Crippen molar-refractivity contribution >= 4 is 11.7 Å². The third-order valence-corrected chi connectivity index (χ3v) is 3.74. The van der Waals surface area contributed by atoms with Crippen molar-refractivity contribution in [3.63, 3.8) is 0 Å². The highest BCUT2D eigenvalue weighted by molar-refractivity contribution is 5.91. The lowest BCUT2D eigenvalue weighted by Gasteiger charge is -2.22. The number of esters is 1. The molecule has 1 N–H and O–H groups in total. The quantitative estimate of drug-likeness (QED) is 0.876. The molecule has 0 atom stereocenters. The lowest BCUT2D eigenvalue weighted by Crippen LogP contribution is -2.19. The Hall–Kier alpha value is -2.56. The van der Waals surface area contributed by atoms with Gasteiger partial charge in [-0.05, 0) is 42.7 Å². The van der Waals surface area contributed by atoms with E-state index in [4.69, 9.17) is 4.74 Å². The first-order chi connectivity index (χ1) is 10.8. The standard InChI is InChI=1S/C18H20FNO3/c1-11-7-13(5-6-15(11)18(22)23-4)10-20(3)17-12(2)8-14(21)9-16(17)19/h5-9,21H,10H2,1-4H3. The number of ether oxygens (including phenoxy) is 1. The highest BCUT2D eigenvalue weighted by Gasteiger charge is 2.14. The Kier molecular flexibility index (Phi) is 4.89. The molecule has 122 valence electrons. The van der Waals surface area contributed by atoms with E-state index in [2.05, 4.69) is 0 Å². The van der Waals surface area contributed by atoms with Crippen molar-refractivity contribution < 1.29 is 19.0 Å². The lowest BCUT2D eigenvalue weighted by molar-refractivity contribution is 0.0600. The minimum Gasteiger partial charge on any atom is -0.508 e. The van der Waals surface area contributed by atoms with E-state index in [1.165, 1.54) is 13.2 Å². The fourth-order valence-corrected chi connectivity index (χ4v) is 2.72. The van der Waals surface area contributed by atoms with Gasteiger partial charge in [0, 0.05) is 19.7 Å². The fourth-order valence-electron chi connectivity index (χ4n) is 2.72. The molecule has 0 unspecified atom stereocenters. The van der Waals surface area contributed by atoms with Crippen molar-refractivity contribution in [1.82, 2.24) is 0 Å². The van der Waals surface area contributed by atoms with E-state index in [1.807, 2.05) is 19.1 Å². The second-order valence-electron chi connectivity index (χ2n) is 5.59. The average molecular weight is 317 g/mol. The summed E-state index contributed by atoms with van der Waals surface area (Å²) in [5.41, 5.74) is 3.38. The fraction of sp³-hybridized carbons (Fsp3) is 0.278. The van der Waals surface area contributed by atoms with Gasteiger partial charge in [0.25, 0.3) is 0 Å². The van der Waals surface area contributed by atoms with Crippen molar-refractivity contribution in [3.8, 4) is 5.75 Å². The summed E-state index contributed by atoms with van der Waals surface area (Å²) in [7, 11) is 3.13. The predicted octanol–water partition coefficient (Wildman–Crippen LogP) is 3.57. The Morgan fingerprint density at radius 1 is 1.22 bits per heavy atom. The maximum Gasteiger partial charge on any atom is 0.338 e. The summed E-state index contributed by atoms with van der Waals surface area (Å²) in [5, 5.41) is 9.43. The van der Waals surface area contributed by atoms with Crippen LogP contribution in [0.1, 0.15) is 27.0 Å². The number of aromatic hydroxyl groups is 1. The molecule has 0 spiro atoms. The Balaban J connectivity index is 2.26. The highest BCUT2D eigenvalue weighted by Crippen LogP contribution is 2.28. The number of rotatable bonds is 4. The first-order valence-electron chi connectivity index (χ1n) is 7.21. The molecule has 0 aliphatic carbocycles. The van der Waals surface area contributed by atoms with Crippen LogP contribution in [0.3, 0.4) is 0 Å². The van der Waals surface area contributed by atoms with Crippen LogP contribution in [0.4, 0.5) is 10.1 Å². The molecule has 0 bridgehead atoms. The molecule has 0 saturated heterocycles. The van der Waals surface area contributed by atoms with Crippen molar-refractivity contribution in [3.05, 3.63) is 58.4 Å². The monoisotopic (exact) mass is 317 g/mol. The molecule has 0 amide bonds. The summed E-state index contributed by atoms with van der Waals surface area (Å²) in [5.74, 6) is -0.925. The van der Waals surface area contributed by atoms with Gasteiger partial charge >= 0.3 is 5.97 Å². The van der Waals surface area contributed by atoms with Crippen LogP contribution in [0.15, 0.2) is 30.3 Å². The summed E-state index contributed by atoms with van der Waals surface area (Å²) in [4.78, 5) is 13.4. The number of phenolic OH excluding ortho intramolecular Hbond substituents is 1. The molecule has 4 nitrogen and oxygen atoms in total. The predicted molar refractivity (Wildman–Crippen MR) is 87.4 cm³/mol. The molecule has 5 heteroatoms. The summed E-state index contributed by atoms with van der Waals surface area (Å²) >= 11 is 0. The number of phenols is 1. The topological polar surface area (TPSA) is 49.8 Å². The SMILES string of the molecule is COC(=O)c1ccc(CN(C)c2c(C)cc(O)cc2F)cc1C. The number of carbonyl (C=O) groups excluding carboxylic acids is 1. The van der Waals surface area contributed by atoms with Crippen LogP contribution in [0, 0.1) is 19.7 Å². The second-order valence-corrected chi connectivity index (χ2v) is 5.59. The largest absolute Gasteiger partial charge is 0.508 e. The molecule has 0 heterocycles. The van der Waals surface area contributed by atoms with Gasteiger partial charge in [0.1, 0.15) is 11.6 Å². The first kappa shape index (κ1) is 16.8. The van der Waals surface area contributed by atoms with Crippen LogP contribution in [-0.4, -0.2) is 25.2 Å². The maximum atomic E-state index is 14.1. The number of benzene rings is 2. The summed E-state index contributed by atoms with van der Waals surface area (Å²) in [6.45, 7) is 4.06. The molecular weight excluding hydrogens is 297 g/mol. The van der Waals surface area contributed by atoms with Gasteiger partial charge in [-0.15, -0.1) is 0 Å². The lowest BCUT2D eigenvalue weighted by atomic mass is 10.0. The van der Waals surface area contributed by atoms with Crippen LogP contribution in [-0.2, 0) is 11.3 Å². The van der Waals surface area contributed by atoms with E-state index < -0.39 is 5.82 Å². The van der Waals surface area contributed by atoms with Crippen molar-refractivity contribution in [2.45, 2.75) is 20.4 Å². The van der Waals surface area contributed by atoms with E-state index in [0.29, 0.717) is 23.4 Å². The van der Waals surface area contributed by atoms with Crippen LogP contribution in [0.2, 0.25) is 0 Å². The van der Waals surface area contributed by atoms with E-state index in [9.17, 15) is 14.3 Å². The van der Waals surface area contributed by atoms with Crippen LogP contribution in [0.5, 0.6) is 5.75 Å². The first-order valence-corrected chi connectivity index (χ1v) is 7.21. The zero-order valence-electron chi connectivity index (χ0n) is 13.7. The number of halogens is 1. The van der Waals surface area contributed by atoms with E-state index >= 15 is 0 Å². The van der Waals surface area contributed by atoms with Crippen LogP contribution < -0.4 is 4.90 Å². The molecule has 0 fully saturated rings. The Labute approximate surface area is 135 Å². The van der Waals surface area contributed by atoms with E-state index in [0.717, 1.165) is 17.2 Å². The second kappa shape index (κ2) is 6.69. The van der Waals surface area contributed by atoms with Gasteiger partial charge < -0.3 is 14.7 Å². The smallest absolute Gasteiger partial charge is 0.338 e. The Morgan fingerprint density at radius 3 is 2.48 bits per heavy atom. The van der Waals surface area contributed by atoms with Crippen molar-refractivity contribution in [2.24, 2.45) is 0 Å². The van der Waals surface area contributed by atoms with Crippen LogP contribution in [0.25, 0.3) is 0 Å². The van der Waals surface area contributed by atoms with Gasteiger partial charge in [0.2, 0.25) is 0 Å². The molecule has 2 rings (SSSR count). The minimum absolute atomic E-state index is 0.0876. The number of aryl methyl sites for hydroxylation is 2. The van der Waals surface area contributed by atoms with Gasteiger partial charge in [-0.1, -0.05) is 12.1 Å². The number of nitrogens with zero attached hydrogens (tertiary/aromatic N) is 1. The Bertz CT molecular complexity index is 720. The third-order valence-electron chi connectivity index (χ3n) is 3.74. The van der Waals surface area contributed by atoms with Gasteiger partial charge in [0.05, 0.1) is 18.4 Å². The molecule has 23 heavy (non-hydrogen) atoms. The van der Waals surface area contributed by atoms with Gasteiger partial charge in [-0.2, -0.15) is 0 Å². The zero-order valence-corrected chi connectivity index (χ0v) is 13.7. The Morgan fingerprint density at radius 2 is 1.91 bits per heavy atom. The molecule has 0 saturated carbocycles. The minimum atomic E-state index is -0.465. The summed E-state index contributed by atoms with van der Waals surface area (Å²) in [6.07, 6.45) is 0. The molecular formula is C18H20FNO3. The summed E-state index contributed by atoms with van der Waals surface area (Å²) < 4.78 is 18.8. The maximum absolute atomic E-state index is 14.1. The average Bonchev–Trinajstić information content (AvgIpc) is 2.45. The van der Waals surface area contributed by atoms with Gasteiger partial charge in [-0.3, -0.25) is 0 Å². The number of anilines is 1. The van der Waals surface area contributed by atoms with E-state index in [-0.39, 0.29) is 11.7 Å². The van der Waals surface area contributed by atoms with E-state index in [1.54, 1.807) is 24.9 Å². The molecule has 2 aromatic rings.